The fraction of sp³-hybridized carbons (Fsp3) is 0.333. The van der Waals surface area contributed by atoms with Gasteiger partial charge in [0, 0.05) is 20.3 Å². The standard InChI is InChI=1S/C12H15N5OS/c1-8(11(18)17(2)3)19-12-14-10(15-16-12)9-6-4-5-7-13-9/h4-8H,1-3H3,(H,14,15,16). The largest absolute Gasteiger partial charge is 0.348 e. The lowest BCUT2D eigenvalue weighted by molar-refractivity contribution is -0.127. The molecule has 0 aliphatic heterocycles. The molecule has 0 aliphatic carbocycles. The second-order valence-electron chi connectivity index (χ2n) is 4.17. The van der Waals surface area contributed by atoms with E-state index >= 15 is 0 Å². The van der Waals surface area contributed by atoms with Crippen LogP contribution < -0.4 is 0 Å². The summed E-state index contributed by atoms with van der Waals surface area (Å²) in [6.45, 7) is 1.84. The Hall–Kier alpha value is -1.89. The highest BCUT2D eigenvalue weighted by atomic mass is 32.2. The van der Waals surface area contributed by atoms with E-state index in [2.05, 4.69) is 20.2 Å². The van der Waals surface area contributed by atoms with Gasteiger partial charge in [-0.2, -0.15) is 4.98 Å². The zero-order chi connectivity index (χ0) is 13.8. The van der Waals surface area contributed by atoms with Crippen molar-refractivity contribution in [2.24, 2.45) is 0 Å². The number of aromatic amines is 1. The van der Waals surface area contributed by atoms with Gasteiger partial charge in [-0.05, 0) is 19.1 Å². The number of H-pyrrole nitrogens is 1. The summed E-state index contributed by atoms with van der Waals surface area (Å²) in [6.07, 6.45) is 1.70. The molecule has 2 rings (SSSR count). The van der Waals surface area contributed by atoms with Crippen molar-refractivity contribution in [2.75, 3.05) is 14.1 Å². The number of rotatable bonds is 4. The summed E-state index contributed by atoms with van der Waals surface area (Å²) in [6, 6.07) is 5.58. The van der Waals surface area contributed by atoms with Gasteiger partial charge in [-0.15, -0.1) is 5.10 Å². The zero-order valence-corrected chi connectivity index (χ0v) is 11.8. The first kappa shape index (κ1) is 13.5. The molecule has 1 N–H and O–H groups in total. The Morgan fingerprint density at radius 3 is 2.84 bits per heavy atom. The van der Waals surface area contributed by atoms with Crippen molar-refractivity contribution in [3.05, 3.63) is 24.4 Å². The lowest BCUT2D eigenvalue weighted by Crippen LogP contribution is -2.29. The normalized spacial score (nSPS) is 12.2. The summed E-state index contributed by atoms with van der Waals surface area (Å²) >= 11 is 1.32. The molecule has 19 heavy (non-hydrogen) atoms. The molecule has 2 heterocycles. The van der Waals surface area contributed by atoms with Crippen molar-refractivity contribution < 1.29 is 4.79 Å². The lowest BCUT2D eigenvalue weighted by atomic mass is 10.3. The molecule has 0 spiro atoms. The van der Waals surface area contributed by atoms with Gasteiger partial charge in [-0.25, -0.2) is 0 Å². The number of carbonyl (C=O) groups is 1. The van der Waals surface area contributed by atoms with Gasteiger partial charge in [0.05, 0.1) is 5.25 Å². The molecule has 1 amide bonds. The first-order valence-electron chi connectivity index (χ1n) is 5.79. The van der Waals surface area contributed by atoms with Crippen LogP contribution in [0, 0.1) is 0 Å². The van der Waals surface area contributed by atoms with E-state index in [0.29, 0.717) is 11.0 Å². The first-order chi connectivity index (χ1) is 9.08. The molecule has 2 aromatic rings. The van der Waals surface area contributed by atoms with Crippen molar-refractivity contribution in [3.63, 3.8) is 0 Å². The monoisotopic (exact) mass is 277 g/mol. The molecular weight excluding hydrogens is 262 g/mol. The number of aromatic nitrogens is 4. The number of amides is 1. The van der Waals surface area contributed by atoms with Gasteiger partial charge in [0.25, 0.3) is 0 Å². The Bertz CT molecular complexity index is 554. The Balaban J connectivity index is 2.08. The molecule has 1 unspecified atom stereocenters. The maximum absolute atomic E-state index is 11.8. The summed E-state index contributed by atoms with van der Waals surface area (Å²) in [5.74, 6) is 0.641. The molecule has 0 bridgehead atoms. The van der Waals surface area contributed by atoms with Gasteiger partial charge in [-0.3, -0.25) is 14.9 Å². The van der Waals surface area contributed by atoms with Crippen LogP contribution in [0.2, 0.25) is 0 Å². The van der Waals surface area contributed by atoms with Crippen molar-refractivity contribution in [1.82, 2.24) is 25.1 Å². The van der Waals surface area contributed by atoms with Gasteiger partial charge in [-0.1, -0.05) is 17.8 Å². The van der Waals surface area contributed by atoms with E-state index in [9.17, 15) is 4.79 Å². The second-order valence-corrected chi connectivity index (χ2v) is 5.48. The third-order valence-electron chi connectivity index (χ3n) is 2.44. The van der Waals surface area contributed by atoms with E-state index in [0.717, 1.165) is 5.69 Å². The van der Waals surface area contributed by atoms with E-state index in [4.69, 9.17) is 0 Å². The molecular formula is C12H15N5OS. The van der Waals surface area contributed by atoms with Crippen LogP contribution in [-0.4, -0.2) is 50.3 Å². The molecule has 7 heteroatoms. The first-order valence-corrected chi connectivity index (χ1v) is 6.67. The Morgan fingerprint density at radius 1 is 1.42 bits per heavy atom. The van der Waals surface area contributed by atoms with Gasteiger partial charge >= 0.3 is 0 Å². The predicted octanol–water partition coefficient (Wildman–Crippen LogP) is 1.44. The molecule has 0 aliphatic rings. The van der Waals surface area contributed by atoms with Crippen LogP contribution in [0.3, 0.4) is 0 Å². The molecule has 0 saturated heterocycles. The predicted molar refractivity (Wildman–Crippen MR) is 73.6 cm³/mol. The molecule has 0 fully saturated rings. The van der Waals surface area contributed by atoms with Crippen LogP contribution in [0.5, 0.6) is 0 Å². The van der Waals surface area contributed by atoms with Crippen LogP contribution in [-0.2, 0) is 4.79 Å². The van der Waals surface area contributed by atoms with Gasteiger partial charge in [0.1, 0.15) is 5.69 Å². The lowest BCUT2D eigenvalue weighted by Gasteiger charge is -2.14. The van der Waals surface area contributed by atoms with Crippen molar-refractivity contribution in [1.29, 1.82) is 0 Å². The quantitative estimate of drug-likeness (QED) is 0.856. The number of pyridine rings is 1. The number of nitrogens with one attached hydrogen (secondary N) is 1. The summed E-state index contributed by atoms with van der Waals surface area (Å²) in [5, 5.41) is 7.24. The van der Waals surface area contributed by atoms with E-state index in [1.165, 1.54) is 11.8 Å². The number of carbonyl (C=O) groups excluding carboxylic acids is 1. The van der Waals surface area contributed by atoms with Crippen LogP contribution in [0.4, 0.5) is 0 Å². The minimum Gasteiger partial charge on any atom is -0.348 e. The molecule has 0 radical (unpaired) electrons. The van der Waals surface area contributed by atoms with Crippen LogP contribution in [0.1, 0.15) is 6.92 Å². The van der Waals surface area contributed by atoms with Gasteiger partial charge in [0.15, 0.2) is 5.82 Å². The Kier molecular flexibility index (Phi) is 4.16. The van der Waals surface area contributed by atoms with E-state index in [1.807, 2.05) is 25.1 Å². The SMILES string of the molecule is CC(Sc1n[nH]c(-c2ccccn2)n1)C(=O)N(C)C. The molecule has 2 aromatic heterocycles. The number of thioether (sulfide) groups is 1. The highest BCUT2D eigenvalue weighted by Crippen LogP contribution is 2.22. The number of nitrogens with zero attached hydrogens (tertiary/aromatic N) is 4. The fourth-order valence-corrected chi connectivity index (χ4v) is 2.36. The van der Waals surface area contributed by atoms with Crippen LogP contribution >= 0.6 is 11.8 Å². The summed E-state index contributed by atoms with van der Waals surface area (Å²) in [7, 11) is 3.47. The smallest absolute Gasteiger partial charge is 0.235 e. The molecule has 0 saturated carbocycles. The zero-order valence-electron chi connectivity index (χ0n) is 11.0. The highest BCUT2D eigenvalue weighted by Gasteiger charge is 2.18. The van der Waals surface area contributed by atoms with E-state index in [1.54, 1.807) is 25.2 Å². The average Bonchev–Trinajstić information content (AvgIpc) is 2.87. The molecule has 100 valence electrons. The Morgan fingerprint density at radius 2 is 2.21 bits per heavy atom. The maximum Gasteiger partial charge on any atom is 0.235 e. The second kappa shape index (κ2) is 5.83. The van der Waals surface area contributed by atoms with Gasteiger partial charge < -0.3 is 4.90 Å². The third kappa shape index (κ3) is 3.31. The summed E-state index contributed by atoms with van der Waals surface area (Å²) in [5.41, 5.74) is 0.730. The number of hydrogen-bond acceptors (Lipinski definition) is 5. The Labute approximate surface area is 115 Å². The number of hydrogen-bond donors (Lipinski definition) is 1. The van der Waals surface area contributed by atoms with Crippen molar-refractivity contribution >= 4 is 17.7 Å². The average molecular weight is 277 g/mol. The van der Waals surface area contributed by atoms with Crippen molar-refractivity contribution in [2.45, 2.75) is 17.3 Å². The van der Waals surface area contributed by atoms with Crippen LogP contribution in [0.15, 0.2) is 29.6 Å². The fourth-order valence-electron chi connectivity index (χ4n) is 1.49. The highest BCUT2D eigenvalue weighted by molar-refractivity contribution is 8.00. The maximum atomic E-state index is 11.8. The van der Waals surface area contributed by atoms with E-state index < -0.39 is 0 Å². The topological polar surface area (TPSA) is 74.8 Å². The molecule has 0 aromatic carbocycles. The summed E-state index contributed by atoms with van der Waals surface area (Å²) < 4.78 is 0. The third-order valence-corrected chi connectivity index (χ3v) is 3.39. The van der Waals surface area contributed by atoms with Gasteiger partial charge in [0.2, 0.25) is 11.1 Å². The summed E-state index contributed by atoms with van der Waals surface area (Å²) in [4.78, 5) is 21.8. The molecule has 1 atom stereocenters. The van der Waals surface area contributed by atoms with E-state index in [-0.39, 0.29) is 11.2 Å². The van der Waals surface area contributed by atoms with Crippen LogP contribution in [0.25, 0.3) is 11.5 Å². The molecule has 6 nitrogen and oxygen atoms in total. The minimum atomic E-state index is -0.220. The van der Waals surface area contributed by atoms with Crippen molar-refractivity contribution in [3.8, 4) is 11.5 Å². The minimum absolute atomic E-state index is 0.0363.